The Labute approximate surface area is 155 Å². The maximum atomic E-state index is 5.36. The van der Waals surface area contributed by atoms with Gasteiger partial charge in [0.05, 0.1) is 12.8 Å². The van der Waals surface area contributed by atoms with Gasteiger partial charge in [0.25, 0.3) is 0 Å². The summed E-state index contributed by atoms with van der Waals surface area (Å²) in [6.45, 7) is 3.64. The first-order valence-corrected chi connectivity index (χ1v) is 8.88. The molecule has 7 nitrogen and oxygen atoms in total. The maximum Gasteiger partial charge on any atom is 0.210 e. The zero-order valence-electron chi connectivity index (χ0n) is 14.8. The van der Waals surface area contributed by atoms with Crippen LogP contribution >= 0.6 is 0 Å². The van der Waals surface area contributed by atoms with Crippen molar-refractivity contribution in [1.82, 2.24) is 24.1 Å². The topological polar surface area (TPSA) is 73.2 Å². The number of rotatable bonds is 5. The monoisotopic (exact) mass is 358 g/mol. The second-order valence-corrected chi connectivity index (χ2v) is 6.33. The van der Waals surface area contributed by atoms with Gasteiger partial charge in [0.2, 0.25) is 5.95 Å². The van der Waals surface area contributed by atoms with E-state index in [4.69, 9.17) is 4.42 Å². The Hall–Kier alpha value is -3.61. The summed E-state index contributed by atoms with van der Waals surface area (Å²) < 4.78 is 9.45. The molecule has 5 rings (SSSR count). The third-order valence-electron chi connectivity index (χ3n) is 4.76. The zero-order chi connectivity index (χ0) is 18.2. The van der Waals surface area contributed by atoms with Gasteiger partial charge in [-0.2, -0.15) is 0 Å². The van der Waals surface area contributed by atoms with E-state index in [0.29, 0.717) is 12.5 Å². The van der Waals surface area contributed by atoms with Crippen molar-refractivity contribution < 1.29 is 4.42 Å². The van der Waals surface area contributed by atoms with E-state index < -0.39 is 0 Å². The van der Waals surface area contributed by atoms with Crippen LogP contribution in [0.25, 0.3) is 27.7 Å². The summed E-state index contributed by atoms with van der Waals surface area (Å²) >= 11 is 0. The second-order valence-electron chi connectivity index (χ2n) is 6.33. The van der Waals surface area contributed by atoms with E-state index in [1.807, 2.05) is 22.7 Å². The van der Waals surface area contributed by atoms with Gasteiger partial charge in [0.1, 0.15) is 12.1 Å². The SMILES string of the molecule is CCn1ccc2cc(-c3cnc(NCc4ccco4)n4cnnc34)ccc21. The number of nitrogens with one attached hydrogen (secondary N) is 1. The number of aryl methyl sites for hydroxylation is 1. The second kappa shape index (κ2) is 6.28. The molecular formula is C20H18N6O. The van der Waals surface area contributed by atoms with E-state index in [-0.39, 0.29) is 0 Å². The summed E-state index contributed by atoms with van der Waals surface area (Å²) in [5.41, 5.74) is 4.01. The van der Waals surface area contributed by atoms with E-state index in [1.54, 1.807) is 12.6 Å². The molecule has 0 radical (unpaired) electrons. The Kier molecular flexibility index (Phi) is 3.64. The van der Waals surface area contributed by atoms with Crippen molar-refractivity contribution in [1.29, 1.82) is 0 Å². The number of fused-ring (bicyclic) bond motifs is 2. The minimum Gasteiger partial charge on any atom is -0.467 e. The van der Waals surface area contributed by atoms with Crippen LogP contribution in [0.3, 0.4) is 0 Å². The van der Waals surface area contributed by atoms with Crippen LogP contribution in [0.4, 0.5) is 5.95 Å². The molecule has 7 heteroatoms. The number of benzene rings is 1. The number of aromatic nitrogens is 5. The van der Waals surface area contributed by atoms with Crippen molar-refractivity contribution in [3.05, 3.63) is 67.1 Å². The lowest BCUT2D eigenvalue weighted by Gasteiger charge is -2.09. The molecule has 134 valence electrons. The first-order valence-electron chi connectivity index (χ1n) is 8.88. The van der Waals surface area contributed by atoms with Crippen molar-refractivity contribution in [3.63, 3.8) is 0 Å². The molecule has 0 aliphatic rings. The molecule has 0 bridgehead atoms. The molecule has 0 amide bonds. The van der Waals surface area contributed by atoms with Gasteiger partial charge in [-0.05, 0) is 42.8 Å². The molecule has 0 spiro atoms. The molecule has 0 atom stereocenters. The standard InChI is InChI=1S/C20H18N6O/c1-2-25-8-7-15-10-14(5-6-18(15)25)17-12-22-20(26-13-23-24-19(17)26)21-11-16-4-3-9-27-16/h3-10,12-13H,2,11H2,1H3,(H,21,22). The van der Waals surface area contributed by atoms with Gasteiger partial charge in [-0.15, -0.1) is 10.2 Å². The van der Waals surface area contributed by atoms with Gasteiger partial charge in [0, 0.05) is 35.4 Å². The van der Waals surface area contributed by atoms with E-state index in [0.717, 1.165) is 29.1 Å². The first-order chi connectivity index (χ1) is 13.3. The van der Waals surface area contributed by atoms with E-state index in [1.165, 1.54) is 10.9 Å². The van der Waals surface area contributed by atoms with Crippen LogP contribution in [-0.4, -0.2) is 24.1 Å². The van der Waals surface area contributed by atoms with Crippen molar-refractivity contribution in [3.8, 4) is 11.1 Å². The van der Waals surface area contributed by atoms with Crippen molar-refractivity contribution in [2.24, 2.45) is 0 Å². The summed E-state index contributed by atoms with van der Waals surface area (Å²) in [7, 11) is 0. The first kappa shape index (κ1) is 15.6. The molecule has 0 aliphatic heterocycles. The lowest BCUT2D eigenvalue weighted by atomic mass is 10.1. The van der Waals surface area contributed by atoms with Crippen LogP contribution in [0.15, 0.2) is 65.8 Å². The molecule has 0 aliphatic carbocycles. The largest absolute Gasteiger partial charge is 0.467 e. The zero-order valence-corrected chi connectivity index (χ0v) is 14.8. The summed E-state index contributed by atoms with van der Waals surface area (Å²) in [4.78, 5) is 4.58. The third-order valence-corrected chi connectivity index (χ3v) is 4.76. The molecule has 4 aromatic heterocycles. The third kappa shape index (κ3) is 2.64. The molecule has 5 aromatic rings. The van der Waals surface area contributed by atoms with Crippen LogP contribution in [0, 0.1) is 0 Å². The predicted molar refractivity (Wildman–Crippen MR) is 103 cm³/mol. The van der Waals surface area contributed by atoms with Gasteiger partial charge in [-0.1, -0.05) is 6.07 Å². The van der Waals surface area contributed by atoms with Gasteiger partial charge < -0.3 is 14.3 Å². The maximum absolute atomic E-state index is 5.36. The van der Waals surface area contributed by atoms with E-state index >= 15 is 0 Å². The molecule has 0 fully saturated rings. The molecule has 0 saturated carbocycles. The number of hydrogen-bond acceptors (Lipinski definition) is 5. The Bertz CT molecular complexity index is 1220. The molecule has 1 N–H and O–H groups in total. The molecule has 0 saturated heterocycles. The minimum atomic E-state index is 0.545. The number of hydrogen-bond donors (Lipinski definition) is 1. The molecule has 1 aromatic carbocycles. The fraction of sp³-hybridized carbons (Fsp3) is 0.150. The minimum absolute atomic E-state index is 0.545. The number of furan rings is 1. The molecule has 4 heterocycles. The summed E-state index contributed by atoms with van der Waals surface area (Å²) in [5, 5.41) is 12.9. The van der Waals surface area contributed by atoms with Gasteiger partial charge in [-0.3, -0.25) is 4.40 Å². The molecule has 0 unspecified atom stereocenters. The fourth-order valence-corrected chi connectivity index (χ4v) is 3.38. The number of anilines is 1. The van der Waals surface area contributed by atoms with Crippen molar-refractivity contribution >= 4 is 22.5 Å². The summed E-state index contributed by atoms with van der Waals surface area (Å²) in [6.07, 6.45) is 7.28. The van der Waals surface area contributed by atoms with Crippen LogP contribution < -0.4 is 5.32 Å². The Balaban J connectivity index is 1.54. The molecule has 27 heavy (non-hydrogen) atoms. The predicted octanol–water partition coefficient (Wildman–Crippen LogP) is 3.97. The Morgan fingerprint density at radius 1 is 1.19 bits per heavy atom. The number of nitrogens with zero attached hydrogens (tertiary/aromatic N) is 5. The van der Waals surface area contributed by atoms with Gasteiger partial charge >= 0.3 is 0 Å². The van der Waals surface area contributed by atoms with Gasteiger partial charge in [-0.25, -0.2) is 4.98 Å². The van der Waals surface area contributed by atoms with Crippen LogP contribution in [-0.2, 0) is 13.1 Å². The average Bonchev–Trinajstić information content (AvgIpc) is 3.45. The summed E-state index contributed by atoms with van der Waals surface area (Å²) in [6, 6.07) is 12.3. The molecular weight excluding hydrogens is 340 g/mol. The van der Waals surface area contributed by atoms with Crippen LogP contribution in [0.1, 0.15) is 12.7 Å². The highest BCUT2D eigenvalue weighted by Crippen LogP contribution is 2.28. The summed E-state index contributed by atoms with van der Waals surface area (Å²) in [5.74, 6) is 1.52. The normalized spacial score (nSPS) is 11.4. The van der Waals surface area contributed by atoms with Gasteiger partial charge in [0.15, 0.2) is 5.65 Å². The average molecular weight is 358 g/mol. The van der Waals surface area contributed by atoms with Crippen LogP contribution in [0.5, 0.6) is 0 Å². The lowest BCUT2D eigenvalue weighted by molar-refractivity contribution is 0.517. The highest BCUT2D eigenvalue weighted by molar-refractivity contribution is 5.88. The smallest absolute Gasteiger partial charge is 0.210 e. The van der Waals surface area contributed by atoms with E-state index in [9.17, 15) is 0 Å². The van der Waals surface area contributed by atoms with Crippen LogP contribution in [0.2, 0.25) is 0 Å². The van der Waals surface area contributed by atoms with Crippen molar-refractivity contribution in [2.75, 3.05) is 5.32 Å². The highest BCUT2D eigenvalue weighted by Gasteiger charge is 2.12. The fourth-order valence-electron chi connectivity index (χ4n) is 3.38. The van der Waals surface area contributed by atoms with E-state index in [2.05, 4.69) is 62.5 Å². The Morgan fingerprint density at radius 3 is 3.00 bits per heavy atom. The Morgan fingerprint density at radius 2 is 2.15 bits per heavy atom. The van der Waals surface area contributed by atoms with Crippen molar-refractivity contribution in [2.45, 2.75) is 20.0 Å². The highest BCUT2D eigenvalue weighted by atomic mass is 16.3. The quantitative estimate of drug-likeness (QED) is 0.515. The lowest BCUT2D eigenvalue weighted by Crippen LogP contribution is -2.06.